The molecule has 0 aliphatic heterocycles. The van der Waals surface area contributed by atoms with Gasteiger partial charge in [0.25, 0.3) is 0 Å². The first-order valence-corrected chi connectivity index (χ1v) is 5.85. The highest BCUT2D eigenvalue weighted by atomic mass is 35.5. The maximum Gasteiger partial charge on any atom is 0.451 e. The third-order valence-electron chi connectivity index (χ3n) is 2.14. The molecule has 1 N–H and O–H groups in total. The number of halogens is 6. The molecule has 9 heteroatoms. The van der Waals surface area contributed by atoms with Crippen molar-refractivity contribution in [2.24, 2.45) is 0 Å². The maximum atomic E-state index is 12.9. The van der Waals surface area contributed by atoms with Crippen LogP contribution in [0.15, 0.2) is 24.3 Å². The summed E-state index contributed by atoms with van der Waals surface area (Å²) in [5.41, 5.74) is 0.191. The molecule has 106 valence electrons. The van der Waals surface area contributed by atoms with Crippen molar-refractivity contribution in [1.29, 1.82) is 0 Å². The van der Waals surface area contributed by atoms with Gasteiger partial charge in [-0.1, -0.05) is 23.2 Å². The predicted octanol–water partition coefficient (Wildman–Crippen LogP) is 4.68. The number of nitrogens with one attached hydrogen (secondary N) is 1. The molecule has 1 aromatic carbocycles. The van der Waals surface area contributed by atoms with E-state index in [4.69, 9.17) is 23.2 Å². The second-order valence-corrected chi connectivity index (χ2v) is 4.44. The fraction of sp³-hybridized carbons (Fsp3) is 0.0909. The molecule has 0 fully saturated rings. The molecule has 0 saturated carbocycles. The zero-order chi connectivity index (χ0) is 14.9. The molecule has 1 heterocycles. The van der Waals surface area contributed by atoms with Gasteiger partial charge in [0.1, 0.15) is 16.8 Å². The Morgan fingerprint density at radius 3 is 2.35 bits per heavy atom. The van der Waals surface area contributed by atoms with E-state index in [-0.39, 0.29) is 21.7 Å². The molecule has 0 saturated heterocycles. The molecule has 2 rings (SSSR count). The van der Waals surface area contributed by atoms with Crippen molar-refractivity contribution in [2.75, 3.05) is 5.32 Å². The van der Waals surface area contributed by atoms with Gasteiger partial charge in [-0.2, -0.15) is 13.2 Å². The number of rotatable bonds is 2. The fourth-order valence-corrected chi connectivity index (χ4v) is 1.74. The third-order valence-corrected chi connectivity index (χ3v) is 2.65. The number of benzene rings is 1. The Kier molecular flexibility index (Phi) is 4.01. The van der Waals surface area contributed by atoms with Crippen molar-refractivity contribution in [3.05, 3.63) is 46.1 Å². The van der Waals surface area contributed by atoms with Gasteiger partial charge in [-0.15, -0.1) is 0 Å². The summed E-state index contributed by atoms with van der Waals surface area (Å²) in [5.74, 6) is -2.16. The van der Waals surface area contributed by atoms with E-state index >= 15 is 0 Å². The molecule has 2 aromatic rings. The van der Waals surface area contributed by atoms with Gasteiger partial charge in [0, 0.05) is 6.07 Å². The lowest BCUT2D eigenvalue weighted by Gasteiger charge is -2.10. The largest absolute Gasteiger partial charge is 0.451 e. The fourth-order valence-electron chi connectivity index (χ4n) is 1.34. The lowest BCUT2D eigenvalue weighted by molar-refractivity contribution is -0.144. The van der Waals surface area contributed by atoms with Crippen LogP contribution in [0.4, 0.5) is 29.1 Å². The van der Waals surface area contributed by atoms with E-state index in [0.717, 1.165) is 18.2 Å². The van der Waals surface area contributed by atoms with Crippen molar-refractivity contribution in [3.63, 3.8) is 0 Å². The van der Waals surface area contributed by atoms with Crippen LogP contribution < -0.4 is 5.32 Å². The van der Waals surface area contributed by atoms with Crippen LogP contribution in [0, 0.1) is 5.82 Å². The van der Waals surface area contributed by atoms with Gasteiger partial charge in [-0.3, -0.25) is 0 Å². The third kappa shape index (κ3) is 3.49. The minimum Gasteiger partial charge on any atom is -0.339 e. The van der Waals surface area contributed by atoms with E-state index in [1.54, 1.807) is 0 Å². The number of alkyl halides is 3. The van der Waals surface area contributed by atoms with Gasteiger partial charge in [0.05, 0.1) is 10.7 Å². The SMILES string of the molecule is Fc1ccc(Nc2cc(Cl)nc(C(F)(F)F)n2)c(Cl)c1. The Bertz CT molecular complexity index is 646. The van der Waals surface area contributed by atoms with E-state index in [1.807, 2.05) is 0 Å². The molecular formula is C11H5Cl2F4N3. The van der Waals surface area contributed by atoms with Crippen molar-refractivity contribution >= 4 is 34.7 Å². The molecular weight excluding hydrogens is 321 g/mol. The Morgan fingerprint density at radius 1 is 1.05 bits per heavy atom. The van der Waals surface area contributed by atoms with E-state index in [1.165, 1.54) is 6.07 Å². The molecule has 20 heavy (non-hydrogen) atoms. The summed E-state index contributed by atoms with van der Waals surface area (Å²) in [5, 5.41) is 2.13. The average molecular weight is 326 g/mol. The van der Waals surface area contributed by atoms with Crippen LogP contribution in [0.5, 0.6) is 0 Å². The highest BCUT2D eigenvalue weighted by Gasteiger charge is 2.35. The van der Waals surface area contributed by atoms with Gasteiger partial charge in [0.2, 0.25) is 5.82 Å². The first-order valence-electron chi connectivity index (χ1n) is 5.09. The summed E-state index contributed by atoms with van der Waals surface area (Å²) >= 11 is 11.3. The lowest BCUT2D eigenvalue weighted by Crippen LogP contribution is -2.12. The zero-order valence-electron chi connectivity index (χ0n) is 9.47. The van der Waals surface area contributed by atoms with Crippen LogP contribution in [-0.4, -0.2) is 9.97 Å². The first kappa shape index (κ1) is 14.8. The second kappa shape index (κ2) is 5.41. The first-order chi connectivity index (χ1) is 9.25. The highest BCUT2D eigenvalue weighted by molar-refractivity contribution is 6.33. The van der Waals surface area contributed by atoms with Crippen LogP contribution in [0.25, 0.3) is 0 Å². The molecule has 0 unspecified atom stereocenters. The summed E-state index contributed by atoms with van der Waals surface area (Å²) in [6.45, 7) is 0. The number of aromatic nitrogens is 2. The van der Waals surface area contributed by atoms with Crippen LogP contribution in [0.1, 0.15) is 5.82 Å². The summed E-state index contributed by atoms with van der Waals surface area (Å²) < 4.78 is 50.5. The summed E-state index contributed by atoms with van der Waals surface area (Å²) in [6.07, 6.45) is -4.73. The van der Waals surface area contributed by atoms with Gasteiger partial charge in [-0.05, 0) is 18.2 Å². The Balaban J connectivity index is 2.36. The molecule has 0 atom stereocenters. The van der Waals surface area contributed by atoms with E-state index < -0.39 is 17.8 Å². The molecule has 1 aromatic heterocycles. The Labute approximate surface area is 120 Å². The molecule has 0 radical (unpaired) electrons. The minimum atomic E-state index is -4.73. The van der Waals surface area contributed by atoms with Crippen LogP contribution >= 0.6 is 23.2 Å². The van der Waals surface area contributed by atoms with Gasteiger partial charge >= 0.3 is 6.18 Å². The molecule has 0 aliphatic carbocycles. The van der Waals surface area contributed by atoms with Crippen molar-refractivity contribution in [1.82, 2.24) is 9.97 Å². The lowest BCUT2D eigenvalue weighted by atomic mass is 10.3. The number of hydrogen-bond donors (Lipinski definition) is 1. The standard InChI is InChI=1S/C11H5Cl2F4N3/c12-6-3-5(14)1-2-7(6)18-9-4-8(13)19-10(20-9)11(15,16)17/h1-4H,(H,18,19,20). The monoisotopic (exact) mass is 325 g/mol. The van der Waals surface area contributed by atoms with E-state index in [2.05, 4.69) is 15.3 Å². The normalized spacial score (nSPS) is 11.5. The van der Waals surface area contributed by atoms with Gasteiger partial charge < -0.3 is 5.32 Å². The topological polar surface area (TPSA) is 37.8 Å². The number of anilines is 2. The molecule has 0 amide bonds. The maximum absolute atomic E-state index is 12.9. The van der Waals surface area contributed by atoms with Crippen molar-refractivity contribution in [3.8, 4) is 0 Å². The van der Waals surface area contributed by atoms with Gasteiger partial charge in [-0.25, -0.2) is 14.4 Å². The molecule has 0 spiro atoms. The molecule has 0 bridgehead atoms. The molecule has 3 nitrogen and oxygen atoms in total. The minimum absolute atomic E-state index is 0.00621. The zero-order valence-corrected chi connectivity index (χ0v) is 11.0. The average Bonchev–Trinajstić information content (AvgIpc) is 2.31. The Morgan fingerprint density at radius 2 is 1.75 bits per heavy atom. The Hall–Kier alpha value is -1.60. The van der Waals surface area contributed by atoms with E-state index in [0.29, 0.717) is 0 Å². The highest BCUT2D eigenvalue weighted by Crippen LogP contribution is 2.30. The summed E-state index contributed by atoms with van der Waals surface area (Å²) in [4.78, 5) is 6.36. The number of hydrogen-bond acceptors (Lipinski definition) is 3. The van der Waals surface area contributed by atoms with Crippen molar-refractivity contribution < 1.29 is 17.6 Å². The van der Waals surface area contributed by atoms with Crippen molar-refractivity contribution in [2.45, 2.75) is 6.18 Å². The van der Waals surface area contributed by atoms with Crippen LogP contribution in [-0.2, 0) is 6.18 Å². The molecule has 0 aliphatic rings. The summed E-state index contributed by atoms with van der Waals surface area (Å²) in [6, 6.07) is 4.47. The van der Waals surface area contributed by atoms with E-state index in [9.17, 15) is 17.6 Å². The second-order valence-electron chi connectivity index (χ2n) is 3.65. The smallest absolute Gasteiger partial charge is 0.339 e. The predicted molar refractivity (Wildman–Crippen MR) is 66.7 cm³/mol. The van der Waals surface area contributed by atoms with Crippen LogP contribution in [0.2, 0.25) is 10.2 Å². The van der Waals surface area contributed by atoms with Gasteiger partial charge in [0.15, 0.2) is 0 Å². The number of nitrogens with zero attached hydrogens (tertiary/aromatic N) is 2. The quantitative estimate of drug-likeness (QED) is 0.643. The summed E-state index contributed by atoms with van der Waals surface area (Å²) in [7, 11) is 0. The van der Waals surface area contributed by atoms with Crippen LogP contribution in [0.3, 0.4) is 0 Å².